The highest BCUT2D eigenvalue weighted by Crippen LogP contribution is 2.18. The first-order valence-electron chi connectivity index (χ1n) is 3.09. The molecule has 0 aliphatic heterocycles. The van der Waals surface area contributed by atoms with Crippen molar-refractivity contribution in [1.82, 2.24) is 0 Å². The van der Waals surface area contributed by atoms with Crippen molar-refractivity contribution in [3.8, 4) is 0 Å². The lowest BCUT2D eigenvalue weighted by atomic mass is 10.2. The predicted octanol–water partition coefficient (Wildman–Crippen LogP) is 3.13. The Bertz CT molecular complexity index is 203. The van der Waals surface area contributed by atoms with Crippen LogP contribution >= 0.6 is 11.6 Å². The standard InChI is InChI=1S/C8H8ClF/c1-6(9)7-2-4-8(10)5-3-7/h2-6H,1H3/t6-/m1/s1. The van der Waals surface area contributed by atoms with E-state index in [1.807, 2.05) is 6.92 Å². The fourth-order valence-corrected chi connectivity index (χ4v) is 0.873. The monoisotopic (exact) mass is 158 g/mol. The largest absolute Gasteiger partial charge is 0.207 e. The van der Waals surface area contributed by atoms with Gasteiger partial charge in [0.1, 0.15) is 5.82 Å². The van der Waals surface area contributed by atoms with Crippen LogP contribution in [-0.4, -0.2) is 0 Å². The van der Waals surface area contributed by atoms with Gasteiger partial charge in [-0.3, -0.25) is 0 Å². The molecule has 1 aromatic rings. The zero-order valence-electron chi connectivity index (χ0n) is 5.64. The van der Waals surface area contributed by atoms with Crippen molar-refractivity contribution in [3.05, 3.63) is 35.6 Å². The van der Waals surface area contributed by atoms with Crippen molar-refractivity contribution in [1.29, 1.82) is 0 Å². The van der Waals surface area contributed by atoms with E-state index in [9.17, 15) is 4.39 Å². The second-order valence-electron chi connectivity index (χ2n) is 2.17. The summed E-state index contributed by atoms with van der Waals surface area (Å²) >= 11 is 5.73. The van der Waals surface area contributed by atoms with Gasteiger partial charge in [-0.05, 0) is 24.6 Å². The molecule has 2 heteroatoms. The maximum atomic E-state index is 12.3. The quantitative estimate of drug-likeness (QED) is 0.551. The van der Waals surface area contributed by atoms with Crippen molar-refractivity contribution in [2.45, 2.75) is 12.3 Å². The Labute approximate surface area is 64.6 Å². The Morgan fingerprint density at radius 1 is 1.30 bits per heavy atom. The maximum Gasteiger partial charge on any atom is 0.123 e. The second kappa shape index (κ2) is 3.02. The Kier molecular flexibility index (Phi) is 2.28. The zero-order chi connectivity index (χ0) is 7.56. The second-order valence-corrected chi connectivity index (χ2v) is 2.82. The average molecular weight is 159 g/mol. The van der Waals surface area contributed by atoms with Crippen molar-refractivity contribution >= 4 is 11.6 Å². The van der Waals surface area contributed by atoms with E-state index in [1.165, 1.54) is 12.1 Å². The van der Waals surface area contributed by atoms with Gasteiger partial charge in [0.05, 0.1) is 5.38 Å². The molecule has 0 aliphatic carbocycles. The molecule has 0 heterocycles. The first-order valence-corrected chi connectivity index (χ1v) is 3.53. The SMILES string of the molecule is C[C@@H](Cl)c1ccc(F)cc1. The van der Waals surface area contributed by atoms with E-state index in [-0.39, 0.29) is 11.2 Å². The lowest BCUT2D eigenvalue weighted by molar-refractivity contribution is 0.627. The molecule has 0 radical (unpaired) electrons. The molecule has 0 amide bonds. The molecule has 1 aromatic carbocycles. The van der Waals surface area contributed by atoms with E-state index in [0.29, 0.717) is 0 Å². The van der Waals surface area contributed by atoms with Crippen LogP contribution in [0.1, 0.15) is 17.9 Å². The summed E-state index contributed by atoms with van der Waals surface area (Å²) in [5.74, 6) is -0.221. The number of benzene rings is 1. The van der Waals surface area contributed by atoms with Gasteiger partial charge in [-0.2, -0.15) is 0 Å². The van der Waals surface area contributed by atoms with Crippen LogP contribution in [0.5, 0.6) is 0 Å². The highest BCUT2D eigenvalue weighted by molar-refractivity contribution is 6.20. The lowest BCUT2D eigenvalue weighted by Gasteiger charge is -2.00. The summed E-state index contributed by atoms with van der Waals surface area (Å²) in [6.45, 7) is 1.86. The molecule has 0 bridgehead atoms. The summed E-state index contributed by atoms with van der Waals surface area (Å²) in [5, 5.41) is -0.0411. The van der Waals surface area contributed by atoms with Crippen LogP contribution in [0, 0.1) is 5.82 Å². The van der Waals surface area contributed by atoms with Crippen molar-refractivity contribution < 1.29 is 4.39 Å². The number of alkyl halides is 1. The molecular weight excluding hydrogens is 151 g/mol. The molecule has 0 spiro atoms. The molecule has 0 unspecified atom stereocenters. The number of rotatable bonds is 1. The van der Waals surface area contributed by atoms with Crippen LogP contribution in [0.4, 0.5) is 4.39 Å². The molecule has 1 rings (SSSR count). The molecule has 0 fully saturated rings. The summed E-state index contributed by atoms with van der Waals surface area (Å²) in [7, 11) is 0. The van der Waals surface area contributed by atoms with Gasteiger partial charge in [-0.1, -0.05) is 12.1 Å². The summed E-state index contributed by atoms with van der Waals surface area (Å²) in [5.41, 5.74) is 0.947. The van der Waals surface area contributed by atoms with Crippen LogP contribution in [0.25, 0.3) is 0 Å². The predicted molar refractivity (Wildman–Crippen MR) is 40.7 cm³/mol. The summed E-state index contributed by atoms with van der Waals surface area (Å²) in [6, 6.07) is 6.20. The van der Waals surface area contributed by atoms with Crippen LogP contribution in [0.3, 0.4) is 0 Å². The number of halogens is 2. The third-order valence-electron chi connectivity index (χ3n) is 1.33. The molecule has 0 N–H and O–H groups in total. The van der Waals surface area contributed by atoms with Gasteiger partial charge < -0.3 is 0 Å². The van der Waals surface area contributed by atoms with Gasteiger partial charge in [0.2, 0.25) is 0 Å². The minimum atomic E-state index is -0.221. The van der Waals surface area contributed by atoms with E-state index in [0.717, 1.165) is 5.56 Å². The van der Waals surface area contributed by atoms with Crippen LogP contribution in [-0.2, 0) is 0 Å². The van der Waals surface area contributed by atoms with Gasteiger partial charge in [-0.25, -0.2) is 4.39 Å². The van der Waals surface area contributed by atoms with Crippen LogP contribution in [0.2, 0.25) is 0 Å². The molecule has 0 saturated heterocycles. The highest BCUT2D eigenvalue weighted by Gasteiger charge is 1.98. The third kappa shape index (κ3) is 1.71. The van der Waals surface area contributed by atoms with E-state index < -0.39 is 0 Å². The Morgan fingerprint density at radius 3 is 2.20 bits per heavy atom. The molecule has 0 aromatic heterocycles. The summed E-state index contributed by atoms with van der Waals surface area (Å²) < 4.78 is 12.3. The molecule has 0 aliphatic rings. The molecule has 0 saturated carbocycles. The average Bonchev–Trinajstić information content (AvgIpc) is 1.88. The van der Waals surface area contributed by atoms with Crippen molar-refractivity contribution in [2.24, 2.45) is 0 Å². The molecule has 1 atom stereocenters. The normalized spacial score (nSPS) is 13.1. The van der Waals surface area contributed by atoms with Gasteiger partial charge in [0.15, 0.2) is 0 Å². The summed E-state index contributed by atoms with van der Waals surface area (Å²) in [6.07, 6.45) is 0. The minimum absolute atomic E-state index is 0.0411. The molecule has 10 heavy (non-hydrogen) atoms. The fourth-order valence-electron chi connectivity index (χ4n) is 0.728. The minimum Gasteiger partial charge on any atom is -0.207 e. The number of hydrogen-bond donors (Lipinski definition) is 0. The van der Waals surface area contributed by atoms with Gasteiger partial charge in [-0.15, -0.1) is 11.6 Å². The highest BCUT2D eigenvalue weighted by atomic mass is 35.5. The maximum absolute atomic E-state index is 12.3. The Hall–Kier alpha value is -0.560. The van der Waals surface area contributed by atoms with Crippen molar-refractivity contribution in [2.75, 3.05) is 0 Å². The molecule has 0 nitrogen and oxygen atoms in total. The first-order chi connectivity index (χ1) is 4.70. The third-order valence-corrected chi connectivity index (χ3v) is 1.58. The fraction of sp³-hybridized carbons (Fsp3) is 0.250. The molecule has 54 valence electrons. The van der Waals surface area contributed by atoms with E-state index in [2.05, 4.69) is 0 Å². The van der Waals surface area contributed by atoms with E-state index in [4.69, 9.17) is 11.6 Å². The first kappa shape index (κ1) is 7.55. The smallest absolute Gasteiger partial charge is 0.123 e. The number of hydrogen-bond acceptors (Lipinski definition) is 0. The van der Waals surface area contributed by atoms with E-state index >= 15 is 0 Å². The zero-order valence-corrected chi connectivity index (χ0v) is 6.40. The topological polar surface area (TPSA) is 0 Å². The van der Waals surface area contributed by atoms with Crippen molar-refractivity contribution in [3.63, 3.8) is 0 Å². The lowest BCUT2D eigenvalue weighted by Crippen LogP contribution is -1.83. The Morgan fingerprint density at radius 2 is 1.80 bits per heavy atom. The van der Waals surface area contributed by atoms with Crippen LogP contribution < -0.4 is 0 Å². The van der Waals surface area contributed by atoms with Gasteiger partial charge in [0, 0.05) is 0 Å². The summed E-state index contributed by atoms with van der Waals surface area (Å²) in [4.78, 5) is 0. The van der Waals surface area contributed by atoms with E-state index in [1.54, 1.807) is 12.1 Å². The van der Waals surface area contributed by atoms with Gasteiger partial charge >= 0.3 is 0 Å². The molecular formula is C8H8ClF. The van der Waals surface area contributed by atoms with Gasteiger partial charge in [0.25, 0.3) is 0 Å². The van der Waals surface area contributed by atoms with Crippen LogP contribution in [0.15, 0.2) is 24.3 Å². The Balaban J connectivity index is 2.89.